The van der Waals surface area contributed by atoms with Crippen molar-refractivity contribution in [2.24, 2.45) is 0 Å². The zero-order chi connectivity index (χ0) is 13.7. The van der Waals surface area contributed by atoms with E-state index in [4.69, 9.17) is 4.74 Å². The molecule has 0 aliphatic rings. The molecule has 0 aliphatic carbocycles. The van der Waals surface area contributed by atoms with Crippen LogP contribution in [0.2, 0.25) is 0 Å². The van der Waals surface area contributed by atoms with Crippen LogP contribution in [-0.4, -0.2) is 17.0 Å². The molecule has 0 radical (unpaired) electrons. The van der Waals surface area contributed by atoms with Crippen molar-refractivity contribution in [1.29, 1.82) is 0 Å². The van der Waals surface area contributed by atoms with E-state index in [-0.39, 0.29) is 24.4 Å². The average molecular weight is 293 g/mol. The van der Waals surface area contributed by atoms with Crippen LogP contribution in [0.25, 0.3) is 0 Å². The molecule has 106 valence electrons. The van der Waals surface area contributed by atoms with Crippen LogP contribution in [0.4, 0.5) is 5.69 Å². The molecule has 1 N–H and O–H groups in total. The lowest BCUT2D eigenvalue weighted by atomic mass is 10.2. The second kappa shape index (κ2) is 7.50. The molecule has 0 atom stereocenters. The van der Waals surface area contributed by atoms with E-state index in [0.29, 0.717) is 5.56 Å². The number of aromatic nitrogens is 1. The number of rotatable bonds is 4. The van der Waals surface area contributed by atoms with Crippen molar-refractivity contribution >= 4 is 24.0 Å². The van der Waals surface area contributed by atoms with Crippen LogP contribution < -0.4 is 10.1 Å². The van der Waals surface area contributed by atoms with Crippen molar-refractivity contribution in [2.45, 2.75) is 20.0 Å². The van der Waals surface area contributed by atoms with E-state index in [0.717, 1.165) is 11.4 Å². The highest BCUT2D eigenvalue weighted by molar-refractivity contribution is 6.04. The van der Waals surface area contributed by atoms with Gasteiger partial charge in [0, 0.05) is 18.1 Å². The van der Waals surface area contributed by atoms with Crippen molar-refractivity contribution in [3.63, 3.8) is 0 Å². The Morgan fingerprint density at radius 3 is 2.45 bits per heavy atom. The van der Waals surface area contributed by atoms with Crippen molar-refractivity contribution in [2.75, 3.05) is 5.32 Å². The van der Waals surface area contributed by atoms with Crippen LogP contribution >= 0.6 is 12.4 Å². The number of hydrogen-bond acceptors (Lipinski definition) is 3. The highest BCUT2D eigenvalue weighted by Gasteiger charge is 2.05. The molecule has 0 saturated heterocycles. The van der Waals surface area contributed by atoms with Gasteiger partial charge in [-0.25, -0.2) is 0 Å². The molecule has 4 nitrogen and oxygen atoms in total. The van der Waals surface area contributed by atoms with Gasteiger partial charge in [0.1, 0.15) is 5.75 Å². The Balaban J connectivity index is 0.00000200. The number of anilines is 1. The molecule has 20 heavy (non-hydrogen) atoms. The fourth-order valence-corrected chi connectivity index (χ4v) is 1.59. The monoisotopic (exact) mass is 292 g/mol. The number of nitrogens with zero attached hydrogens (tertiary/aromatic N) is 1. The number of amides is 1. The molecule has 0 spiro atoms. The molecule has 1 aromatic carbocycles. The molecule has 0 unspecified atom stereocenters. The minimum Gasteiger partial charge on any atom is -0.491 e. The molecule has 1 amide bonds. The summed E-state index contributed by atoms with van der Waals surface area (Å²) in [5.74, 6) is 0.611. The molecule has 0 fully saturated rings. The molecule has 0 saturated carbocycles. The molecular weight excluding hydrogens is 276 g/mol. The van der Waals surface area contributed by atoms with Crippen LogP contribution in [0.1, 0.15) is 24.2 Å². The molecule has 1 aromatic heterocycles. The van der Waals surface area contributed by atoms with Gasteiger partial charge in [0.15, 0.2) is 0 Å². The van der Waals surface area contributed by atoms with Crippen LogP contribution in [0.3, 0.4) is 0 Å². The predicted molar refractivity (Wildman–Crippen MR) is 81.6 cm³/mol. The first-order chi connectivity index (χ1) is 9.15. The zero-order valence-electron chi connectivity index (χ0n) is 11.4. The van der Waals surface area contributed by atoms with E-state index < -0.39 is 0 Å². The van der Waals surface area contributed by atoms with Crippen LogP contribution in [0.15, 0.2) is 48.8 Å². The Morgan fingerprint density at radius 2 is 1.90 bits per heavy atom. The van der Waals surface area contributed by atoms with E-state index in [1.165, 1.54) is 6.20 Å². The molecule has 0 bridgehead atoms. The third kappa shape index (κ3) is 4.55. The fraction of sp³-hybridized carbons (Fsp3) is 0.200. The van der Waals surface area contributed by atoms with Crippen molar-refractivity contribution in [1.82, 2.24) is 4.98 Å². The van der Waals surface area contributed by atoms with Crippen molar-refractivity contribution < 1.29 is 9.53 Å². The molecule has 1 heterocycles. The topological polar surface area (TPSA) is 51.2 Å². The summed E-state index contributed by atoms with van der Waals surface area (Å²) in [7, 11) is 0. The third-order valence-electron chi connectivity index (χ3n) is 2.41. The van der Waals surface area contributed by atoms with Crippen molar-refractivity contribution in [3.8, 4) is 5.75 Å². The maximum absolute atomic E-state index is 11.9. The first kappa shape index (κ1) is 16.0. The van der Waals surface area contributed by atoms with Gasteiger partial charge in [-0.05, 0) is 50.2 Å². The number of hydrogen-bond donors (Lipinski definition) is 1. The molecular formula is C15H17ClN2O2. The van der Waals surface area contributed by atoms with Crippen molar-refractivity contribution in [3.05, 3.63) is 54.4 Å². The Labute approximate surface area is 124 Å². The van der Waals surface area contributed by atoms with Crippen LogP contribution in [-0.2, 0) is 0 Å². The lowest BCUT2D eigenvalue weighted by Crippen LogP contribution is -2.12. The highest BCUT2D eigenvalue weighted by Crippen LogP contribution is 2.17. The number of carbonyl (C=O) groups is 1. The molecule has 2 aromatic rings. The second-order valence-corrected chi connectivity index (χ2v) is 4.39. The summed E-state index contributed by atoms with van der Waals surface area (Å²) in [5.41, 5.74) is 1.26. The van der Waals surface area contributed by atoms with Gasteiger partial charge in [0.2, 0.25) is 0 Å². The summed E-state index contributed by atoms with van der Waals surface area (Å²) in [6, 6.07) is 10.7. The smallest absolute Gasteiger partial charge is 0.257 e. The van der Waals surface area contributed by atoms with Gasteiger partial charge < -0.3 is 10.1 Å². The van der Waals surface area contributed by atoms with Gasteiger partial charge in [-0.15, -0.1) is 12.4 Å². The number of halogens is 1. The van der Waals surface area contributed by atoms with E-state index in [2.05, 4.69) is 10.3 Å². The maximum atomic E-state index is 11.9. The van der Waals surface area contributed by atoms with E-state index >= 15 is 0 Å². The second-order valence-electron chi connectivity index (χ2n) is 4.39. The van der Waals surface area contributed by atoms with Crippen LogP contribution in [0, 0.1) is 0 Å². The Morgan fingerprint density at radius 1 is 1.20 bits per heavy atom. The molecule has 2 rings (SSSR count). The van der Waals surface area contributed by atoms with Crippen LogP contribution in [0.5, 0.6) is 5.75 Å². The van der Waals surface area contributed by atoms with Gasteiger partial charge >= 0.3 is 0 Å². The van der Waals surface area contributed by atoms with E-state index in [9.17, 15) is 4.79 Å². The summed E-state index contributed by atoms with van der Waals surface area (Å²) < 4.78 is 5.54. The quantitative estimate of drug-likeness (QED) is 0.937. The Kier molecular flexibility index (Phi) is 6.00. The van der Waals surface area contributed by atoms with Gasteiger partial charge in [-0.2, -0.15) is 0 Å². The minimum absolute atomic E-state index is 0. The van der Waals surface area contributed by atoms with E-state index in [1.807, 2.05) is 38.1 Å². The maximum Gasteiger partial charge on any atom is 0.257 e. The Bertz CT molecular complexity index is 542. The number of benzene rings is 1. The number of ether oxygens (including phenoxy) is 1. The van der Waals surface area contributed by atoms with Gasteiger partial charge in [-0.1, -0.05) is 0 Å². The number of pyridine rings is 1. The predicted octanol–water partition coefficient (Wildman–Crippen LogP) is 3.54. The Hall–Kier alpha value is -2.07. The number of carbonyl (C=O) groups excluding carboxylic acids is 1. The molecule has 5 heteroatoms. The summed E-state index contributed by atoms with van der Waals surface area (Å²) in [6.45, 7) is 3.94. The lowest BCUT2D eigenvalue weighted by molar-refractivity contribution is 0.102. The number of nitrogens with one attached hydrogen (secondary N) is 1. The summed E-state index contributed by atoms with van der Waals surface area (Å²) in [5, 5.41) is 2.80. The standard InChI is InChI=1S/C15H16N2O2.ClH/c1-11(2)19-14-7-5-13(6-8-14)17-15(18)12-4-3-9-16-10-12;/h3-11H,1-2H3,(H,17,18);1H. The van der Waals surface area contributed by atoms with Gasteiger partial charge in [0.25, 0.3) is 5.91 Å². The zero-order valence-corrected chi connectivity index (χ0v) is 12.2. The third-order valence-corrected chi connectivity index (χ3v) is 2.41. The first-order valence-electron chi connectivity index (χ1n) is 6.13. The normalized spacial score (nSPS) is 9.75. The van der Waals surface area contributed by atoms with E-state index in [1.54, 1.807) is 18.3 Å². The summed E-state index contributed by atoms with van der Waals surface area (Å²) in [6.07, 6.45) is 3.30. The summed E-state index contributed by atoms with van der Waals surface area (Å²) >= 11 is 0. The van der Waals surface area contributed by atoms with Gasteiger partial charge in [0.05, 0.1) is 11.7 Å². The SMILES string of the molecule is CC(C)Oc1ccc(NC(=O)c2cccnc2)cc1.Cl. The first-order valence-corrected chi connectivity index (χ1v) is 6.13. The average Bonchev–Trinajstić information content (AvgIpc) is 2.41. The highest BCUT2D eigenvalue weighted by atomic mass is 35.5. The summed E-state index contributed by atoms with van der Waals surface area (Å²) in [4.78, 5) is 15.8. The molecule has 0 aliphatic heterocycles. The lowest BCUT2D eigenvalue weighted by Gasteiger charge is -2.10. The minimum atomic E-state index is -0.175. The largest absolute Gasteiger partial charge is 0.491 e. The fourth-order valence-electron chi connectivity index (χ4n) is 1.59. The van der Waals surface area contributed by atoms with Gasteiger partial charge in [-0.3, -0.25) is 9.78 Å².